The molecule has 0 saturated carbocycles. The smallest absolute Gasteiger partial charge is 0.333 e. The summed E-state index contributed by atoms with van der Waals surface area (Å²) < 4.78 is 6.61. The second-order valence-electron chi connectivity index (χ2n) is 17.7. The highest BCUT2D eigenvalue weighted by atomic mass is 16.3. The Morgan fingerprint density at radius 3 is 1.98 bits per heavy atom. The van der Waals surface area contributed by atoms with Gasteiger partial charge >= 0.3 is 6.85 Å². The lowest BCUT2D eigenvalue weighted by molar-refractivity contribution is 0.590. The number of benzene rings is 8. The van der Waals surface area contributed by atoms with Crippen LogP contribution in [0.2, 0.25) is 0 Å². The van der Waals surface area contributed by atoms with E-state index in [1.54, 1.807) is 0 Å². The predicted octanol–water partition coefficient (Wildman–Crippen LogP) is 12.6. The van der Waals surface area contributed by atoms with Gasteiger partial charge in [0.2, 0.25) is 0 Å². The van der Waals surface area contributed by atoms with Crippen LogP contribution in [0.4, 0.5) is 28.4 Å². The molecule has 4 heteroatoms. The van der Waals surface area contributed by atoms with Crippen molar-refractivity contribution in [3.63, 3.8) is 0 Å². The Bertz CT molecular complexity index is 3210. The third kappa shape index (κ3) is 3.86. The van der Waals surface area contributed by atoms with E-state index in [4.69, 9.17) is 4.42 Å². The Morgan fingerprint density at radius 1 is 0.552 bits per heavy atom. The van der Waals surface area contributed by atoms with Gasteiger partial charge in [-0.1, -0.05) is 142 Å². The highest BCUT2D eigenvalue weighted by Crippen LogP contribution is 2.64. The fourth-order valence-electron chi connectivity index (χ4n) is 11.4. The number of fused-ring (bicyclic) bond motifs is 17. The fourth-order valence-corrected chi connectivity index (χ4v) is 11.4. The Kier molecular flexibility index (Phi) is 6.13. The standard InChI is InChI=1S/C54H39BN2O/c1-32-30-38-49-45(28-29-48-50(49)37-16-7-12-23-47(37)58-48)57(34-26-24-33(25-27-34)53(2,3)4)55-43-21-13-20-42-52(43)56(46(31-32)51(38)55)44-22-11-10-19-41(44)54(42)39-17-8-5-14-35(39)36-15-6-9-18-40(36)54/h5-31H,1-4H3. The highest BCUT2D eigenvalue weighted by molar-refractivity contribution is 6.93. The lowest BCUT2D eigenvalue weighted by Gasteiger charge is -2.51. The number of furan rings is 1. The number of rotatable bonds is 1. The Hall–Kier alpha value is -6.78. The van der Waals surface area contributed by atoms with Gasteiger partial charge in [-0.05, 0) is 116 Å². The molecule has 13 rings (SSSR count). The van der Waals surface area contributed by atoms with Gasteiger partial charge in [0, 0.05) is 39.1 Å². The maximum Gasteiger partial charge on any atom is 0.333 e. The zero-order valence-corrected chi connectivity index (χ0v) is 33.0. The van der Waals surface area contributed by atoms with Crippen LogP contribution in [-0.2, 0) is 10.8 Å². The van der Waals surface area contributed by atoms with Gasteiger partial charge in [-0.15, -0.1) is 0 Å². The van der Waals surface area contributed by atoms with Crippen molar-refractivity contribution in [2.45, 2.75) is 38.5 Å². The molecule has 0 unspecified atom stereocenters. The monoisotopic (exact) mass is 742 g/mol. The molecule has 4 aliphatic rings. The third-order valence-electron chi connectivity index (χ3n) is 13.6. The minimum atomic E-state index is -0.483. The van der Waals surface area contributed by atoms with Crippen molar-refractivity contribution in [2.24, 2.45) is 0 Å². The average Bonchev–Trinajstić information content (AvgIpc) is 3.77. The van der Waals surface area contributed by atoms with E-state index in [0.29, 0.717) is 0 Å². The van der Waals surface area contributed by atoms with Crippen molar-refractivity contribution in [2.75, 3.05) is 9.71 Å². The second-order valence-corrected chi connectivity index (χ2v) is 17.7. The number of hydrogen-bond acceptors (Lipinski definition) is 3. The van der Waals surface area contributed by atoms with E-state index in [1.165, 1.54) is 100 Å². The molecule has 0 amide bonds. The van der Waals surface area contributed by atoms with Gasteiger partial charge < -0.3 is 14.1 Å². The number of nitrogens with zero attached hydrogens (tertiary/aromatic N) is 2. The van der Waals surface area contributed by atoms with Crippen molar-refractivity contribution in [3.8, 4) is 22.3 Å². The molecule has 0 atom stereocenters. The molecule has 274 valence electrons. The van der Waals surface area contributed by atoms with E-state index < -0.39 is 5.41 Å². The molecule has 1 aliphatic carbocycles. The first-order chi connectivity index (χ1) is 28.3. The maximum atomic E-state index is 6.61. The summed E-state index contributed by atoms with van der Waals surface area (Å²) in [7, 11) is 0. The number of anilines is 5. The van der Waals surface area contributed by atoms with E-state index in [-0.39, 0.29) is 12.3 Å². The average molecular weight is 743 g/mol. The van der Waals surface area contributed by atoms with Gasteiger partial charge in [0.05, 0.1) is 11.1 Å². The quantitative estimate of drug-likeness (QED) is 0.156. The van der Waals surface area contributed by atoms with Crippen LogP contribution < -0.4 is 20.6 Å². The van der Waals surface area contributed by atoms with Crippen LogP contribution in [0.5, 0.6) is 0 Å². The molecule has 3 nitrogen and oxygen atoms in total. The molecule has 9 aromatic rings. The molecular formula is C54H39BN2O. The normalized spacial score (nSPS) is 14.9. The summed E-state index contributed by atoms with van der Waals surface area (Å²) in [5.41, 5.74) is 23.2. The molecule has 0 bridgehead atoms. The van der Waals surface area contributed by atoms with E-state index in [2.05, 4.69) is 201 Å². The first kappa shape index (κ1) is 32.3. The summed E-state index contributed by atoms with van der Waals surface area (Å²) in [6, 6.07) is 61.8. The maximum absolute atomic E-state index is 6.61. The summed E-state index contributed by atoms with van der Waals surface area (Å²) in [4.78, 5) is 5.26. The molecule has 8 aromatic carbocycles. The topological polar surface area (TPSA) is 19.6 Å². The third-order valence-corrected chi connectivity index (χ3v) is 13.6. The molecule has 1 aromatic heterocycles. The SMILES string of the molecule is Cc1cc2c3c(c1)N1c4ccccc4C4(c5ccccc5-c5ccccc54)c4cccc(c41)B3N(c1ccc(C(C)(C)C)cc1)c1ccc3oc4ccccc4c3c1-2. The van der Waals surface area contributed by atoms with Crippen molar-refractivity contribution in [1.82, 2.24) is 0 Å². The predicted molar refractivity (Wildman–Crippen MR) is 242 cm³/mol. The first-order valence-electron chi connectivity index (χ1n) is 20.6. The summed E-state index contributed by atoms with van der Waals surface area (Å²) in [6.45, 7) is 9.06. The lowest BCUT2D eigenvalue weighted by Crippen LogP contribution is -2.62. The van der Waals surface area contributed by atoms with Gasteiger partial charge in [0.15, 0.2) is 0 Å². The lowest BCUT2D eigenvalue weighted by atomic mass is 9.42. The zero-order valence-electron chi connectivity index (χ0n) is 33.0. The number of para-hydroxylation sites is 3. The second kappa shape index (κ2) is 11.0. The van der Waals surface area contributed by atoms with Crippen LogP contribution in [-0.4, -0.2) is 6.85 Å². The van der Waals surface area contributed by atoms with Crippen LogP contribution in [0.3, 0.4) is 0 Å². The van der Waals surface area contributed by atoms with Crippen LogP contribution in [0.25, 0.3) is 44.2 Å². The molecule has 3 aliphatic heterocycles. The molecule has 0 saturated heterocycles. The summed E-state index contributed by atoms with van der Waals surface area (Å²) in [6.07, 6.45) is 0. The highest BCUT2D eigenvalue weighted by Gasteiger charge is 2.55. The van der Waals surface area contributed by atoms with E-state index in [9.17, 15) is 0 Å². The molecule has 0 radical (unpaired) electrons. The minimum absolute atomic E-state index is 0.0386. The molecule has 1 spiro atoms. The Balaban J connectivity index is 1.19. The van der Waals surface area contributed by atoms with Crippen LogP contribution in [0.1, 0.15) is 54.2 Å². The van der Waals surface area contributed by atoms with Crippen LogP contribution in [0, 0.1) is 6.92 Å². The van der Waals surface area contributed by atoms with Gasteiger partial charge in [-0.2, -0.15) is 0 Å². The summed E-state index contributed by atoms with van der Waals surface area (Å²) >= 11 is 0. The largest absolute Gasteiger partial charge is 0.456 e. The molecule has 58 heavy (non-hydrogen) atoms. The molecule has 0 fully saturated rings. The van der Waals surface area contributed by atoms with E-state index in [0.717, 1.165) is 16.6 Å². The van der Waals surface area contributed by atoms with Gasteiger partial charge in [0.25, 0.3) is 0 Å². The number of hydrogen-bond donors (Lipinski definition) is 0. The van der Waals surface area contributed by atoms with E-state index >= 15 is 0 Å². The number of aryl methyl sites for hydroxylation is 1. The van der Waals surface area contributed by atoms with Crippen LogP contribution in [0.15, 0.2) is 168 Å². The van der Waals surface area contributed by atoms with Gasteiger partial charge in [-0.3, -0.25) is 0 Å². The molecular weight excluding hydrogens is 703 g/mol. The zero-order chi connectivity index (χ0) is 38.7. The van der Waals surface area contributed by atoms with E-state index in [1.807, 2.05) is 0 Å². The van der Waals surface area contributed by atoms with Crippen molar-refractivity contribution in [3.05, 3.63) is 197 Å². The van der Waals surface area contributed by atoms with Crippen molar-refractivity contribution < 1.29 is 4.42 Å². The van der Waals surface area contributed by atoms with Crippen LogP contribution >= 0.6 is 0 Å². The van der Waals surface area contributed by atoms with Crippen molar-refractivity contribution >= 4 is 68.1 Å². The molecule has 4 heterocycles. The fraction of sp³-hybridized carbons (Fsp3) is 0.111. The van der Waals surface area contributed by atoms with Gasteiger partial charge in [0.1, 0.15) is 11.2 Å². The molecule has 0 N–H and O–H groups in total. The summed E-state index contributed by atoms with van der Waals surface area (Å²) in [5, 5.41) is 2.32. The Labute approximate surface area is 338 Å². The van der Waals surface area contributed by atoms with Crippen molar-refractivity contribution in [1.29, 1.82) is 0 Å². The Morgan fingerprint density at radius 2 is 1.22 bits per heavy atom. The van der Waals surface area contributed by atoms with Gasteiger partial charge in [-0.25, -0.2) is 0 Å². The summed E-state index contributed by atoms with van der Waals surface area (Å²) in [5.74, 6) is 0. The first-order valence-corrected chi connectivity index (χ1v) is 20.6. The minimum Gasteiger partial charge on any atom is -0.456 e.